The Balaban J connectivity index is 2.71. The van der Waals surface area contributed by atoms with E-state index in [0.29, 0.717) is 0 Å². The molecule has 0 bridgehead atoms. The van der Waals surface area contributed by atoms with Crippen molar-refractivity contribution in [3.05, 3.63) is 12.3 Å². The largest absolute Gasteiger partial charge is 0.452 e. The maximum Gasteiger partial charge on any atom is 0.422 e. The molecule has 0 atom stereocenters. The van der Waals surface area contributed by atoms with Crippen LogP contribution in [0.2, 0.25) is 0 Å². The number of carbonyl (C=O) groups excluding carboxylic acids is 1. The van der Waals surface area contributed by atoms with Crippen LogP contribution < -0.4 is 4.72 Å². The zero-order valence-corrected chi connectivity index (χ0v) is 8.19. The molecule has 1 rings (SSSR count). The summed E-state index contributed by atoms with van der Waals surface area (Å²) in [6.45, 7) is -0.0528. The molecule has 0 spiro atoms. The van der Waals surface area contributed by atoms with Gasteiger partial charge in [-0.2, -0.15) is 8.42 Å². The number of methoxy groups -OCH3 is 1. The Kier molecular flexibility index (Phi) is 3.07. The summed E-state index contributed by atoms with van der Waals surface area (Å²) in [6.07, 6.45) is 3.16. The lowest BCUT2D eigenvalue weighted by atomic mass is 10.6. The summed E-state index contributed by atoms with van der Waals surface area (Å²) in [6, 6.07) is 0. The van der Waals surface area contributed by atoms with E-state index in [9.17, 15) is 13.2 Å². The number of nitrogens with zero attached hydrogens (tertiary/aromatic N) is 2. The van der Waals surface area contributed by atoms with Crippen molar-refractivity contribution in [1.29, 1.82) is 0 Å². The van der Waals surface area contributed by atoms with Gasteiger partial charge in [0.25, 0.3) is 0 Å². The smallest absolute Gasteiger partial charge is 0.422 e. The standard InChI is InChI=1S/C6H9N3O4S/c1-13-6(10)8-14(11,12)9-4-2-3-7-5-9/h2-4H,5H2,1H3,(H,8,10). The fourth-order valence-electron chi connectivity index (χ4n) is 0.732. The van der Waals surface area contributed by atoms with E-state index >= 15 is 0 Å². The molecule has 0 radical (unpaired) electrons. The number of hydrogen-bond acceptors (Lipinski definition) is 5. The summed E-state index contributed by atoms with van der Waals surface area (Å²) in [5, 5.41) is 0. The van der Waals surface area contributed by atoms with Crippen molar-refractivity contribution >= 4 is 22.5 Å². The minimum atomic E-state index is -3.89. The van der Waals surface area contributed by atoms with Crippen LogP contribution in [0.5, 0.6) is 0 Å². The van der Waals surface area contributed by atoms with Gasteiger partial charge in [0.2, 0.25) is 0 Å². The maximum atomic E-state index is 11.3. The SMILES string of the molecule is COC(=O)NS(=O)(=O)N1C=CC=NC1. The third kappa shape index (κ3) is 2.46. The highest BCUT2D eigenvalue weighted by Crippen LogP contribution is 2.02. The van der Waals surface area contributed by atoms with Gasteiger partial charge in [0.05, 0.1) is 7.11 Å². The summed E-state index contributed by atoms with van der Waals surface area (Å²) >= 11 is 0. The molecule has 1 aliphatic heterocycles. The predicted octanol–water partition coefficient (Wildman–Crippen LogP) is -0.555. The van der Waals surface area contributed by atoms with Crippen LogP contribution in [0.3, 0.4) is 0 Å². The van der Waals surface area contributed by atoms with Gasteiger partial charge in [0.15, 0.2) is 0 Å². The normalized spacial score (nSPS) is 15.4. The van der Waals surface area contributed by atoms with Crippen molar-refractivity contribution in [3.63, 3.8) is 0 Å². The van der Waals surface area contributed by atoms with Crippen LogP contribution in [0.15, 0.2) is 17.3 Å². The predicted molar refractivity (Wildman–Crippen MR) is 48.8 cm³/mol. The fraction of sp³-hybridized carbons (Fsp3) is 0.333. The van der Waals surface area contributed by atoms with Crippen LogP contribution in [0.1, 0.15) is 0 Å². The summed E-state index contributed by atoms with van der Waals surface area (Å²) < 4.78 is 29.4. The van der Waals surface area contributed by atoms with Crippen molar-refractivity contribution in [3.8, 4) is 0 Å². The first-order valence-corrected chi connectivity index (χ1v) is 5.04. The second-order valence-electron chi connectivity index (χ2n) is 2.30. The minimum Gasteiger partial charge on any atom is -0.452 e. The molecule has 1 N–H and O–H groups in total. The highest BCUT2D eigenvalue weighted by Gasteiger charge is 2.21. The number of aliphatic imine (C=N–C) groups is 1. The Morgan fingerprint density at radius 2 is 2.36 bits per heavy atom. The van der Waals surface area contributed by atoms with Crippen LogP contribution in [0, 0.1) is 0 Å². The van der Waals surface area contributed by atoms with Crippen LogP contribution in [0.4, 0.5) is 4.79 Å². The maximum absolute atomic E-state index is 11.3. The van der Waals surface area contributed by atoms with E-state index in [4.69, 9.17) is 0 Å². The van der Waals surface area contributed by atoms with E-state index in [0.717, 1.165) is 11.4 Å². The molecular weight excluding hydrogens is 210 g/mol. The molecule has 14 heavy (non-hydrogen) atoms. The van der Waals surface area contributed by atoms with Gasteiger partial charge >= 0.3 is 16.3 Å². The molecule has 0 aromatic rings. The molecule has 1 heterocycles. The monoisotopic (exact) mass is 219 g/mol. The zero-order valence-electron chi connectivity index (χ0n) is 7.37. The number of nitrogens with one attached hydrogen (secondary N) is 1. The van der Waals surface area contributed by atoms with Gasteiger partial charge in [0, 0.05) is 12.4 Å². The Labute approximate surface area is 81.2 Å². The van der Waals surface area contributed by atoms with E-state index in [1.807, 2.05) is 0 Å². The lowest BCUT2D eigenvalue weighted by molar-refractivity contribution is 0.177. The fourth-order valence-corrected chi connectivity index (χ4v) is 1.59. The van der Waals surface area contributed by atoms with Crippen molar-refractivity contribution < 1.29 is 17.9 Å². The van der Waals surface area contributed by atoms with Gasteiger partial charge in [0.1, 0.15) is 6.67 Å². The second kappa shape index (κ2) is 4.09. The van der Waals surface area contributed by atoms with Gasteiger partial charge < -0.3 is 4.74 Å². The average Bonchev–Trinajstić information content (AvgIpc) is 2.18. The molecule has 7 nitrogen and oxygen atoms in total. The van der Waals surface area contributed by atoms with Crippen LogP contribution in [0.25, 0.3) is 0 Å². The summed E-state index contributed by atoms with van der Waals surface area (Å²) in [7, 11) is -2.81. The molecule has 1 aliphatic rings. The molecule has 0 fully saturated rings. The van der Waals surface area contributed by atoms with Gasteiger partial charge in [-0.3, -0.25) is 4.99 Å². The van der Waals surface area contributed by atoms with E-state index < -0.39 is 16.3 Å². The van der Waals surface area contributed by atoms with E-state index in [1.54, 1.807) is 4.72 Å². The molecular formula is C6H9N3O4S. The summed E-state index contributed by atoms with van der Waals surface area (Å²) in [5.41, 5.74) is 0. The molecule has 0 aromatic carbocycles. The molecule has 0 unspecified atom stereocenters. The van der Waals surface area contributed by atoms with Gasteiger partial charge in [-0.15, -0.1) is 0 Å². The van der Waals surface area contributed by atoms with Crippen molar-refractivity contribution in [2.45, 2.75) is 0 Å². The molecule has 1 amide bonds. The highest BCUT2D eigenvalue weighted by atomic mass is 32.2. The topological polar surface area (TPSA) is 88.1 Å². The lowest BCUT2D eigenvalue weighted by Crippen LogP contribution is -2.41. The van der Waals surface area contributed by atoms with E-state index in [2.05, 4.69) is 9.73 Å². The van der Waals surface area contributed by atoms with Crippen LogP contribution >= 0.6 is 0 Å². The Hall–Kier alpha value is -1.57. The third-order valence-electron chi connectivity index (χ3n) is 1.37. The number of rotatable bonds is 2. The highest BCUT2D eigenvalue weighted by molar-refractivity contribution is 7.87. The number of hydrogen-bond donors (Lipinski definition) is 1. The van der Waals surface area contributed by atoms with Crippen LogP contribution in [-0.2, 0) is 14.9 Å². The first-order chi connectivity index (χ1) is 6.56. The minimum absolute atomic E-state index is 0.0528. The van der Waals surface area contributed by atoms with Crippen molar-refractivity contribution in [2.75, 3.05) is 13.8 Å². The first kappa shape index (κ1) is 10.5. The number of amides is 1. The molecule has 0 aromatic heterocycles. The Morgan fingerprint density at radius 1 is 1.64 bits per heavy atom. The lowest BCUT2D eigenvalue weighted by Gasteiger charge is -2.19. The van der Waals surface area contributed by atoms with Gasteiger partial charge in [-0.25, -0.2) is 13.8 Å². The van der Waals surface area contributed by atoms with Crippen molar-refractivity contribution in [2.24, 2.45) is 4.99 Å². The quantitative estimate of drug-likeness (QED) is 0.674. The number of ether oxygens (including phenoxy) is 1. The van der Waals surface area contributed by atoms with Crippen LogP contribution in [-0.4, -0.2) is 38.8 Å². The van der Waals surface area contributed by atoms with E-state index in [-0.39, 0.29) is 6.67 Å². The van der Waals surface area contributed by atoms with Gasteiger partial charge in [-0.1, -0.05) is 0 Å². The molecule has 78 valence electrons. The zero-order chi connectivity index (χ0) is 10.6. The van der Waals surface area contributed by atoms with E-state index in [1.165, 1.54) is 18.5 Å². The number of allylic oxidation sites excluding steroid dienone is 1. The molecule has 0 saturated carbocycles. The Bertz CT molecular complexity index is 373. The first-order valence-electron chi connectivity index (χ1n) is 3.60. The molecule has 0 saturated heterocycles. The Morgan fingerprint density at radius 3 is 2.86 bits per heavy atom. The number of carbonyl (C=O) groups is 1. The van der Waals surface area contributed by atoms with Crippen molar-refractivity contribution in [1.82, 2.24) is 9.03 Å². The summed E-state index contributed by atoms with van der Waals surface area (Å²) in [4.78, 5) is 14.4. The molecule has 0 aliphatic carbocycles. The average molecular weight is 219 g/mol. The molecule has 8 heteroatoms. The van der Waals surface area contributed by atoms with Gasteiger partial charge in [-0.05, 0) is 6.08 Å². The second-order valence-corrected chi connectivity index (χ2v) is 3.92. The summed E-state index contributed by atoms with van der Waals surface area (Å²) in [5.74, 6) is 0. The third-order valence-corrected chi connectivity index (χ3v) is 2.65.